The predicted octanol–water partition coefficient (Wildman–Crippen LogP) is 8.96. The zero-order valence-corrected chi connectivity index (χ0v) is 21.8. The van der Waals surface area contributed by atoms with E-state index >= 15 is 0 Å². The van der Waals surface area contributed by atoms with Crippen molar-refractivity contribution in [2.75, 3.05) is 0 Å². The highest BCUT2D eigenvalue weighted by atomic mass is 14.9. The van der Waals surface area contributed by atoms with Crippen molar-refractivity contribution in [3.63, 3.8) is 0 Å². The highest BCUT2D eigenvalue weighted by molar-refractivity contribution is 5.80. The monoisotopic (exact) mass is 448 g/mol. The van der Waals surface area contributed by atoms with Crippen molar-refractivity contribution < 1.29 is 0 Å². The molecule has 4 aromatic rings. The van der Waals surface area contributed by atoms with E-state index in [0.29, 0.717) is 11.8 Å². The molecule has 0 saturated carbocycles. The summed E-state index contributed by atoms with van der Waals surface area (Å²) in [5.74, 6) is 1.51. The van der Waals surface area contributed by atoms with E-state index in [0.717, 1.165) is 22.8 Å². The van der Waals surface area contributed by atoms with Gasteiger partial charge in [0.2, 0.25) is 0 Å². The molecule has 0 fully saturated rings. The van der Waals surface area contributed by atoms with Gasteiger partial charge in [-0.25, -0.2) is 9.97 Å². The Morgan fingerprint density at radius 1 is 0.412 bits per heavy atom. The second-order valence-electron chi connectivity index (χ2n) is 10.4. The first-order chi connectivity index (χ1) is 16.1. The Bertz CT molecular complexity index is 1210. The molecule has 0 aliphatic heterocycles. The van der Waals surface area contributed by atoms with E-state index < -0.39 is 0 Å². The summed E-state index contributed by atoms with van der Waals surface area (Å²) in [5, 5.41) is 0. The van der Waals surface area contributed by atoms with E-state index in [1.54, 1.807) is 0 Å². The molecule has 0 radical (unpaired) electrons. The fraction of sp³-hybridized carbons (Fsp3) is 0.312. The van der Waals surface area contributed by atoms with Crippen LogP contribution < -0.4 is 0 Å². The molecule has 0 bridgehead atoms. The molecule has 2 heteroatoms. The molecule has 4 rings (SSSR count). The second-order valence-corrected chi connectivity index (χ2v) is 10.4. The van der Waals surface area contributed by atoms with Gasteiger partial charge in [0.25, 0.3) is 0 Å². The number of nitrogens with zero attached hydrogens (tertiary/aromatic N) is 2. The molecule has 3 aromatic carbocycles. The third-order valence-electron chi connectivity index (χ3n) is 6.25. The topological polar surface area (TPSA) is 25.8 Å². The van der Waals surface area contributed by atoms with Crippen molar-refractivity contribution in [3.05, 3.63) is 94.3 Å². The molecule has 34 heavy (non-hydrogen) atoms. The lowest BCUT2D eigenvalue weighted by Gasteiger charge is -2.15. The molecule has 0 aliphatic rings. The van der Waals surface area contributed by atoms with Crippen LogP contribution in [0.4, 0.5) is 0 Å². The van der Waals surface area contributed by atoms with Crippen LogP contribution in [0.1, 0.15) is 73.2 Å². The van der Waals surface area contributed by atoms with E-state index in [1.165, 1.54) is 44.5 Å². The van der Waals surface area contributed by atoms with Crippen molar-refractivity contribution in [1.82, 2.24) is 9.97 Å². The number of aromatic nitrogens is 2. The van der Waals surface area contributed by atoms with Gasteiger partial charge in [-0.05, 0) is 86.1 Å². The lowest BCUT2D eigenvalue weighted by Crippen LogP contribution is -2.03. The van der Waals surface area contributed by atoms with Crippen molar-refractivity contribution in [3.8, 4) is 33.6 Å². The van der Waals surface area contributed by atoms with E-state index in [4.69, 9.17) is 9.97 Å². The molecule has 0 spiro atoms. The summed E-state index contributed by atoms with van der Waals surface area (Å²) in [6, 6.07) is 22.5. The molecular weight excluding hydrogens is 412 g/mol. The van der Waals surface area contributed by atoms with Crippen LogP contribution in [0.15, 0.2) is 60.7 Å². The van der Waals surface area contributed by atoms with Gasteiger partial charge in [0.15, 0.2) is 5.82 Å². The zero-order valence-electron chi connectivity index (χ0n) is 21.8. The molecule has 0 unspecified atom stereocenters. The first-order valence-corrected chi connectivity index (χ1v) is 12.3. The molecular formula is C32H36N2. The molecule has 0 atom stereocenters. The molecule has 174 valence electrons. The average Bonchev–Trinajstić information content (AvgIpc) is 2.77. The standard InChI is InChI=1S/C32H36N2/c1-19(2)30-18-31(20(3)4)34-32(33-30)29-16-27(25-11-21(5)9-22(6)12-25)15-28(17-29)26-13-23(7)10-24(8)14-26/h9-20H,1-8H3. The lowest BCUT2D eigenvalue weighted by molar-refractivity contribution is 0.771. The highest BCUT2D eigenvalue weighted by Gasteiger charge is 2.15. The van der Waals surface area contributed by atoms with Crippen LogP contribution in [0.5, 0.6) is 0 Å². The number of benzene rings is 3. The van der Waals surface area contributed by atoms with Gasteiger partial charge in [-0.3, -0.25) is 0 Å². The second kappa shape index (κ2) is 9.54. The summed E-state index contributed by atoms with van der Waals surface area (Å²) in [6.45, 7) is 17.4. The van der Waals surface area contributed by atoms with Crippen molar-refractivity contribution in [2.45, 2.75) is 67.2 Å². The van der Waals surface area contributed by atoms with Crippen LogP contribution in [0, 0.1) is 27.7 Å². The highest BCUT2D eigenvalue weighted by Crippen LogP contribution is 2.34. The van der Waals surface area contributed by atoms with E-state index in [9.17, 15) is 0 Å². The third kappa shape index (κ3) is 5.28. The maximum absolute atomic E-state index is 5.01. The van der Waals surface area contributed by atoms with Crippen molar-refractivity contribution in [1.29, 1.82) is 0 Å². The summed E-state index contributed by atoms with van der Waals surface area (Å²) >= 11 is 0. The molecule has 0 amide bonds. The van der Waals surface area contributed by atoms with E-state index in [-0.39, 0.29) is 0 Å². The molecule has 1 aromatic heterocycles. The van der Waals surface area contributed by atoms with Gasteiger partial charge < -0.3 is 0 Å². The minimum atomic E-state index is 0.348. The minimum Gasteiger partial charge on any atom is -0.233 e. The largest absolute Gasteiger partial charge is 0.233 e. The Hall–Kier alpha value is -3.26. The Kier molecular flexibility index (Phi) is 6.70. The van der Waals surface area contributed by atoms with Crippen LogP contribution >= 0.6 is 0 Å². The molecule has 0 aliphatic carbocycles. The number of rotatable bonds is 5. The fourth-order valence-electron chi connectivity index (χ4n) is 4.58. The Morgan fingerprint density at radius 2 is 0.735 bits per heavy atom. The van der Waals surface area contributed by atoms with Crippen LogP contribution in [0.3, 0.4) is 0 Å². The number of hydrogen-bond donors (Lipinski definition) is 0. The van der Waals surface area contributed by atoms with Gasteiger partial charge in [0.1, 0.15) is 0 Å². The summed E-state index contributed by atoms with van der Waals surface area (Å²) in [4.78, 5) is 10.0. The maximum atomic E-state index is 5.01. The summed E-state index contributed by atoms with van der Waals surface area (Å²) in [6.07, 6.45) is 0. The van der Waals surface area contributed by atoms with E-state index in [1.807, 2.05) is 0 Å². The lowest BCUT2D eigenvalue weighted by atomic mass is 9.93. The first kappa shape index (κ1) is 23.9. The molecule has 0 N–H and O–H groups in total. The number of hydrogen-bond acceptors (Lipinski definition) is 2. The predicted molar refractivity (Wildman–Crippen MR) is 145 cm³/mol. The van der Waals surface area contributed by atoms with Gasteiger partial charge in [-0.2, -0.15) is 0 Å². The number of aryl methyl sites for hydroxylation is 4. The summed E-state index contributed by atoms with van der Waals surface area (Å²) < 4.78 is 0. The fourth-order valence-corrected chi connectivity index (χ4v) is 4.58. The maximum Gasteiger partial charge on any atom is 0.159 e. The van der Waals surface area contributed by atoms with Gasteiger partial charge in [-0.15, -0.1) is 0 Å². The zero-order chi connectivity index (χ0) is 24.6. The van der Waals surface area contributed by atoms with Gasteiger partial charge in [0, 0.05) is 17.0 Å². The SMILES string of the molecule is Cc1cc(C)cc(-c2cc(-c3cc(C)cc(C)c3)cc(-c3nc(C(C)C)cc(C(C)C)n3)c2)c1. The van der Waals surface area contributed by atoms with Crippen LogP contribution in [0.2, 0.25) is 0 Å². The molecule has 0 saturated heterocycles. The Balaban J connectivity index is 1.99. The van der Waals surface area contributed by atoms with Crippen molar-refractivity contribution >= 4 is 0 Å². The van der Waals surface area contributed by atoms with Gasteiger partial charge in [-0.1, -0.05) is 86.3 Å². The average molecular weight is 449 g/mol. The Labute approximate surface area is 205 Å². The summed E-state index contributed by atoms with van der Waals surface area (Å²) in [5.41, 5.74) is 13.2. The molecule has 1 heterocycles. The van der Waals surface area contributed by atoms with Crippen LogP contribution in [-0.2, 0) is 0 Å². The van der Waals surface area contributed by atoms with Gasteiger partial charge in [0.05, 0.1) is 0 Å². The van der Waals surface area contributed by atoms with Gasteiger partial charge >= 0.3 is 0 Å². The smallest absolute Gasteiger partial charge is 0.159 e. The van der Waals surface area contributed by atoms with E-state index in [2.05, 4.69) is 116 Å². The minimum absolute atomic E-state index is 0.348. The first-order valence-electron chi connectivity index (χ1n) is 12.3. The summed E-state index contributed by atoms with van der Waals surface area (Å²) in [7, 11) is 0. The molecule has 2 nitrogen and oxygen atoms in total. The van der Waals surface area contributed by atoms with Crippen LogP contribution in [0.25, 0.3) is 33.6 Å². The third-order valence-corrected chi connectivity index (χ3v) is 6.25. The van der Waals surface area contributed by atoms with Crippen molar-refractivity contribution in [2.24, 2.45) is 0 Å². The Morgan fingerprint density at radius 3 is 1.09 bits per heavy atom. The van der Waals surface area contributed by atoms with Crippen LogP contribution in [-0.4, -0.2) is 9.97 Å². The quantitative estimate of drug-likeness (QED) is 0.304. The normalized spacial score (nSPS) is 11.5.